The lowest BCUT2D eigenvalue weighted by Gasteiger charge is -2.39. The van der Waals surface area contributed by atoms with E-state index in [1.165, 1.54) is 0 Å². The van der Waals surface area contributed by atoms with Crippen LogP contribution in [0.1, 0.15) is 26.2 Å². The van der Waals surface area contributed by atoms with Crippen LogP contribution in [-0.4, -0.2) is 73.8 Å². The van der Waals surface area contributed by atoms with Crippen molar-refractivity contribution in [2.45, 2.75) is 32.3 Å². The zero-order valence-electron chi connectivity index (χ0n) is 15.5. The van der Waals surface area contributed by atoms with Gasteiger partial charge >= 0.3 is 0 Å². The second-order valence-corrected chi connectivity index (χ2v) is 6.99. The predicted molar refractivity (Wildman–Crippen MR) is 97.9 cm³/mol. The number of hydrogen-bond acceptors (Lipinski definition) is 6. The molecule has 0 aliphatic carbocycles. The van der Waals surface area contributed by atoms with Gasteiger partial charge in [-0.2, -0.15) is 4.98 Å². The molecule has 0 radical (unpaired) electrons. The summed E-state index contributed by atoms with van der Waals surface area (Å²) in [7, 11) is 3.87. The molecule has 0 saturated carbocycles. The third kappa shape index (κ3) is 4.03. The van der Waals surface area contributed by atoms with Crippen LogP contribution in [0.15, 0.2) is 12.3 Å². The second kappa shape index (κ2) is 7.99. The highest BCUT2D eigenvalue weighted by molar-refractivity contribution is 5.80. The molecule has 25 heavy (non-hydrogen) atoms. The lowest BCUT2D eigenvalue weighted by molar-refractivity contribution is -0.145. The summed E-state index contributed by atoms with van der Waals surface area (Å²) < 4.78 is 5.80. The highest BCUT2D eigenvalue weighted by Crippen LogP contribution is 2.26. The first-order valence-electron chi connectivity index (χ1n) is 9.26. The van der Waals surface area contributed by atoms with Crippen molar-refractivity contribution in [3.63, 3.8) is 0 Å². The fourth-order valence-electron chi connectivity index (χ4n) is 3.65. The van der Waals surface area contributed by atoms with E-state index in [1.807, 2.05) is 30.0 Å². The number of aromatic nitrogens is 2. The first-order chi connectivity index (χ1) is 12.1. The van der Waals surface area contributed by atoms with Gasteiger partial charge in [0.2, 0.25) is 11.9 Å². The number of carbonyl (C=O) groups excluding carboxylic acids is 1. The van der Waals surface area contributed by atoms with Crippen molar-refractivity contribution in [3.8, 4) is 0 Å². The Morgan fingerprint density at radius 2 is 2.08 bits per heavy atom. The minimum absolute atomic E-state index is 0.0321. The average molecular weight is 347 g/mol. The van der Waals surface area contributed by atoms with Crippen molar-refractivity contribution < 1.29 is 9.53 Å². The first kappa shape index (κ1) is 17.9. The maximum absolute atomic E-state index is 12.9. The Bertz CT molecular complexity index is 587. The number of anilines is 2. The second-order valence-electron chi connectivity index (χ2n) is 6.99. The summed E-state index contributed by atoms with van der Waals surface area (Å²) in [6, 6.07) is 1.94. The number of carbonyl (C=O) groups is 1. The number of rotatable bonds is 4. The summed E-state index contributed by atoms with van der Waals surface area (Å²) in [5.74, 6) is 1.94. The van der Waals surface area contributed by atoms with E-state index >= 15 is 0 Å². The Labute approximate surface area is 150 Å². The minimum atomic E-state index is 0.0321. The maximum Gasteiger partial charge on any atom is 0.228 e. The van der Waals surface area contributed by atoms with Crippen LogP contribution < -0.4 is 9.80 Å². The van der Waals surface area contributed by atoms with E-state index in [-0.39, 0.29) is 17.9 Å². The van der Waals surface area contributed by atoms with Crippen LogP contribution in [0.2, 0.25) is 0 Å². The van der Waals surface area contributed by atoms with E-state index in [4.69, 9.17) is 4.74 Å². The van der Waals surface area contributed by atoms with Crippen molar-refractivity contribution in [1.82, 2.24) is 14.9 Å². The SMILES string of the molecule is CC[C@H]1OCCC[C@H]1C(=O)N1CCN(c2ccnc(N(C)C)n2)CC1. The van der Waals surface area contributed by atoms with Gasteiger partial charge in [0.25, 0.3) is 0 Å². The molecule has 3 rings (SSSR count). The highest BCUT2D eigenvalue weighted by Gasteiger charge is 2.34. The smallest absolute Gasteiger partial charge is 0.228 e. The molecule has 2 atom stereocenters. The number of nitrogens with zero attached hydrogens (tertiary/aromatic N) is 5. The van der Waals surface area contributed by atoms with Crippen LogP contribution >= 0.6 is 0 Å². The molecule has 7 heteroatoms. The van der Waals surface area contributed by atoms with Gasteiger partial charge in [-0.25, -0.2) is 4.98 Å². The lowest BCUT2D eigenvalue weighted by Crippen LogP contribution is -2.52. The van der Waals surface area contributed by atoms with Gasteiger partial charge in [0.15, 0.2) is 0 Å². The zero-order chi connectivity index (χ0) is 17.8. The molecule has 7 nitrogen and oxygen atoms in total. The monoisotopic (exact) mass is 347 g/mol. The summed E-state index contributed by atoms with van der Waals surface area (Å²) in [6.07, 6.45) is 4.73. The van der Waals surface area contributed by atoms with Crippen molar-refractivity contribution in [1.29, 1.82) is 0 Å². The van der Waals surface area contributed by atoms with E-state index in [0.717, 1.165) is 57.9 Å². The normalized spacial score (nSPS) is 24.3. The van der Waals surface area contributed by atoms with Crippen LogP contribution in [0.25, 0.3) is 0 Å². The van der Waals surface area contributed by atoms with Gasteiger partial charge in [0.1, 0.15) is 5.82 Å². The minimum Gasteiger partial charge on any atom is -0.377 e. The Balaban J connectivity index is 1.60. The Morgan fingerprint density at radius 1 is 1.32 bits per heavy atom. The average Bonchev–Trinajstić information content (AvgIpc) is 2.67. The van der Waals surface area contributed by atoms with E-state index in [2.05, 4.69) is 21.8 Å². The lowest BCUT2D eigenvalue weighted by atomic mass is 9.91. The molecule has 1 amide bonds. The van der Waals surface area contributed by atoms with Crippen LogP contribution in [0.4, 0.5) is 11.8 Å². The fraction of sp³-hybridized carbons (Fsp3) is 0.722. The molecule has 0 spiro atoms. The molecule has 2 fully saturated rings. The third-order valence-corrected chi connectivity index (χ3v) is 5.10. The Hall–Kier alpha value is -1.89. The van der Waals surface area contributed by atoms with Crippen molar-refractivity contribution in [2.24, 2.45) is 5.92 Å². The van der Waals surface area contributed by atoms with Crippen LogP contribution in [0.5, 0.6) is 0 Å². The van der Waals surface area contributed by atoms with Gasteiger partial charge in [-0.1, -0.05) is 6.92 Å². The van der Waals surface area contributed by atoms with Crippen LogP contribution in [-0.2, 0) is 9.53 Å². The van der Waals surface area contributed by atoms with Crippen molar-refractivity contribution in [3.05, 3.63) is 12.3 Å². The summed E-state index contributed by atoms with van der Waals surface area (Å²) in [6.45, 7) is 5.99. The van der Waals surface area contributed by atoms with Gasteiger partial charge in [0, 0.05) is 53.1 Å². The molecule has 3 heterocycles. The van der Waals surface area contributed by atoms with Gasteiger partial charge in [-0.3, -0.25) is 4.79 Å². The fourth-order valence-corrected chi connectivity index (χ4v) is 3.65. The molecule has 0 bridgehead atoms. The van der Waals surface area contributed by atoms with Crippen molar-refractivity contribution in [2.75, 3.05) is 56.7 Å². The van der Waals surface area contributed by atoms with Gasteiger partial charge in [-0.05, 0) is 25.3 Å². The zero-order valence-corrected chi connectivity index (χ0v) is 15.5. The van der Waals surface area contributed by atoms with Gasteiger partial charge in [0.05, 0.1) is 12.0 Å². The molecule has 2 saturated heterocycles. The molecular formula is C18H29N5O2. The quantitative estimate of drug-likeness (QED) is 0.820. The highest BCUT2D eigenvalue weighted by atomic mass is 16.5. The van der Waals surface area contributed by atoms with Gasteiger partial charge in [-0.15, -0.1) is 0 Å². The molecule has 0 unspecified atom stereocenters. The summed E-state index contributed by atoms with van der Waals surface area (Å²) in [5, 5.41) is 0. The molecule has 2 aliphatic heterocycles. The molecule has 138 valence electrons. The van der Waals surface area contributed by atoms with E-state index in [9.17, 15) is 4.79 Å². The largest absolute Gasteiger partial charge is 0.377 e. The topological polar surface area (TPSA) is 61.8 Å². The Kier molecular flexibility index (Phi) is 5.73. The van der Waals surface area contributed by atoms with Crippen LogP contribution in [0.3, 0.4) is 0 Å². The predicted octanol–water partition coefficient (Wildman–Crippen LogP) is 1.40. The standard InChI is InChI=1S/C18H29N5O2/c1-4-15-14(6-5-13-25-15)17(24)23-11-9-22(10-12-23)16-7-8-19-18(20-16)21(2)3/h7-8,14-15H,4-6,9-13H2,1-3H3/t14-,15-/m1/s1. The third-order valence-electron chi connectivity index (χ3n) is 5.10. The van der Waals surface area contributed by atoms with E-state index in [0.29, 0.717) is 5.95 Å². The summed E-state index contributed by atoms with van der Waals surface area (Å²) >= 11 is 0. The number of piperazine rings is 1. The summed E-state index contributed by atoms with van der Waals surface area (Å²) in [4.78, 5) is 27.9. The summed E-state index contributed by atoms with van der Waals surface area (Å²) in [5.41, 5.74) is 0. The number of hydrogen-bond donors (Lipinski definition) is 0. The molecule has 1 aromatic rings. The van der Waals surface area contributed by atoms with E-state index in [1.54, 1.807) is 6.20 Å². The first-order valence-corrected chi connectivity index (χ1v) is 9.26. The van der Waals surface area contributed by atoms with Gasteiger partial charge < -0.3 is 19.4 Å². The molecular weight excluding hydrogens is 318 g/mol. The van der Waals surface area contributed by atoms with Crippen LogP contribution in [0, 0.1) is 5.92 Å². The van der Waals surface area contributed by atoms with Crippen molar-refractivity contribution >= 4 is 17.7 Å². The molecule has 1 aromatic heterocycles. The Morgan fingerprint density at radius 3 is 2.76 bits per heavy atom. The molecule has 2 aliphatic rings. The van der Waals surface area contributed by atoms with E-state index < -0.39 is 0 Å². The molecule has 0 N–H and O–H groups in total. The number of ether oxygens (including phenoxy) is 1. The molecule has 0 aromatic carbocycles. The number of amides is 1. The maximum atomic E-state index is 12.9.